The summed E-state index contributed by atoms with van der Waals surface area (Å²) >= 11 is 0. The van der Waals surface area contributed by atoms with Crippen LogP contribution in [0.3, 0.4) is 0 Å². The van der Waals surface area contributed by atoms with Crippen molar-refractivity contribution in [3.05, 3.63) is 119 Å². The van der Waals surface area contributed by atoms with Crippen LogP contribution in [0.25, 0.3) is 22.6 Å². The quantitative estimate of drug-likeness (QED) is 0.210. The van der Waals surface area contributed by atoms with E-state index in [1.165, 1.54) is 36.5 Å². The molecule has 1 aliphatic heterocycles. The molecule has 2 aromatic heterocycles. The normalized spacial score (nSPS) is 18.0. The highest BCUT2D eigenvalue weighted by molar-refractivity contribution is 5.97. The Morgan fingerprint density at radius 2 is 1.78 bits per heavy atom. The highest BCUT2D eigenvalue weighted by Gasteiger charge is 2.46. The third-order valence-electron chi connectivity index (χ3n) is 7.26. The molecule has 3 heterocycles. The van der Waals surface area contributed by atoms with Crippen molar-refractivity contribution in [2.45, 2.75) is 19.3 Å². The predicted octanol–water partition coefficient (Wildman–Crippen LogP) is 4.93. The van der Waals surface area contributed by atoms with Gasteiger partial charge in [0.15, 0.2) is 5.82 Å². The first-order valence-corrected chi connectivity index (χ1v) is 14.1. The summed E-state index contributed by atoms with van der Waals surface area (Å²) in [5, 5.41) is 10.2. The van der Waals surface area contributed by atoms with Crippen molar-refractivity contribution in [3.8, 4) is 28.7 Å². The Bertz CT molecular complexity index is 1850. The molecule has 4 N–H and O–H groups in total. The zero-order valence-corrected chi connectivity index (χ0v) is 24.1. The number of nitrogens with one attached hydrogen (secondary N) is 1. The number of aromatic carboxylic acids is 1. The Morgan fingerprint density at radius 1 is 1.04 bits per heavy atom. The number of rotatable bonds is 9. The zero-order valence-electron chi connectivity index (χ0n) is 24.1. The molecule has 0 unspecified atom stereocenters. The minimum absolute atomic E-state index is 0.00603. The molecule has 0 bridgehead atoms. The van der Waals surface area contributed by atoms with Crippen molar-refractivity contribution < 1.29 is 33.3 Å². The molecule has 12 heteroatoms. The number of carbonyl (C=O) groups excluding carboxylic acids is 1. The topological polar surface area (TPSA) is 163 Å². The molecule has 0 spiro atoms. The molecule has 45 heavy (non-hydrogen) atoms. The van der Waals surface area contributed by atoms with E-state index in [1.54, 1.807) is 18.2 Å². The fourth-order valence-corrected chi connectivity index (χ4v) is 4.99. The Morgan fingerprint density at radius 3 is 2.47 bits per heavy atom. The van der Waals surface area contributed by atoms with E-state index in [0.717, 1.165) is 5.56 Å². The second-order valence-electron chi connectivity index (χ2n) is 10.6. The summed E-state index contributed by atoms with van der Waals surface area (Å²) in [7, 11) is 0. The summed E-state index contributed by atoms with van der Waals surface area (Å²) in [4.78, 5) is 41.3. The van der Waals surface area contributed by atoms with Crippen LogP contribution in [0.2, 0.25) is 0 Å². The summed E-state index contributed by atoms with van der Waals surface area (Å²) in [6.45, 7) is 2.59. The first-order chi connectivity index (χ1) is 21.7. The van der Waals surface area contributed by atoms with E-state index in [9.17, 15) is 19.1 Å². The SMILES string of the molecule is CC1COC(c2nc(-c3ccc(F)cc3)c(-c3ccnc(OCc4ccccc4)n3)[nH]2)(c2ccc(C(N)=O)cc2C(=O)O)OC1. The first kappa shape index (κ1) is 29.6. The number of carbonyl (C=O) groups is 2. The number of primary amides is 1. The summed E-state index contributed by atoms with van der Waals surface area (Å²) in [5.41, 5.74) is 7.94. The number of carboxylic acid groups (broad SMARTS) is 1. The van der Waals surface area contributed by atoms with Crippen LogP contribution in [0.4, 0.5) is 4.39 Å². The molecule has 1 amide bonds. The maximum atomic E-state index is 13.9. The lowest BCUT2D eigenvalue weighted by Gasteiger charge is -2.38. The minimum Gasteiger partial charge on any atom is -0.478 e. The van der Waals surface area contributed by atoms with Gasteiger partial charge in [0.1, 0.15) is 12.4 Å². The molecule has 3 aromatic carbocycles. The smallest absolute Gasteiger partial charge is 0.336 e. The zero-order chi connectivity index (χ0) is 31.6. The van der Waals surface area contributed by atoms with E-state index in [0.29, 0.717) is 22.6 Å². The number of nitrogens with zero attached hydrogens (tertiary/aromatic N) is 3. The molecule has 6 rings (SSSR count). The second kappa shape index (κ2) is 12.3. The van der Waals surface area contributed by atoms with Crippen LogP contribution >= 0.6 is 0 Å². The van der Waals surface area contributed by atoms with E-state index in [-0.39, 0.29) is 54.3 Å². The minimum atomic E-state index is -1.82. The van der Waals surface area contributed by atoms with Crippen molar-refractivity contribution in [2.75, 3.05) is 13.2 Å². The molecule has 0 aliphatic carbocycles. The van der Waals surface area contributed by atoms with Crippen LogP contribution in [0.5, 0.6) is 6.01 Å². The number of halogens is 1. The van der Waals surface area contributed by atoms with Gasteiger partial charge in [0, 0.05) is 28.8 Å². The largest absolute Gasteiger partial charge is 0.478 e. The van der Waals surface area contributed by atoms with Gasteiger partial charge in [0.2, 0.25) is 5.91 Å². The van der Waals surface area contributed by atoms with Gasteiger partial charge < -0.3 is 30.0 Å². The molecular formula is C33H28FN5O6. The van der Waals surface area contributed by atoms with Gasteiger partial charge in [0.25, 0.3) is 5.79 Å². The van der Waals surface area contributed by atoms with Crippen LogP contribution in [0.1, 0.15) is 44.6 Å². The number of ether oxygens (including phenoxy) is 3. The van der Waals surface area contributed by atoms with E-state index in [2.05, 4.69) is 15.0 Å². The van der Waals surface area contributed by atoms with E-state index >= 15 is 0 Å². The van der Waals surface area contributed by atoms with Gasteiger partial charge in [-0.3, -0.25) is 4.79 Å². The number of H-pyrrole nitrogens is 1. The van der Waals surface area contributed by atoms with Crippen LogP contribution in [-0.4, -0.2) is 50.1 Å². The second-order valence-corrected chi connectivity index (χ2v) is 10.6. The number of aromatic nitrogens is 4. The maximum Gasteiger partial charge on any atom is 0.336 e. The van der Waals surface area contributed by atoms with Crippen molar-refractivity contribution in [1.82, 2.24) is 19.9 Å². The number of carboxylic acids is 1. The number of amides is 1. The molecule has 11 nitrogen and oxygen atoms in total. The van der Waals surface area contributed by atoms with Crippen LogP contribution in [-0.2, 0) is 21.9 Å². The summed E-state index contributed by atoms with van der Waals surface area (Å²) < 4.78 is 32.4. The van der Waals surface area contributed by atoms with Crippen LogP contribution in [0.15, 0.2) is 85.1 Å². The van der Waals surface area contributed by atoms with Crippen molar-refractivity contribution in [1.29, 1.82) is 0 Å². The standard InChI is InChI=1S/C33H28FN5O6/c1-19-16-44-33(45-17-19,25-12-9-22(29(35)40)15-24(25)30(41)42)31-38-27(21-7-10-23(34)11-8-21)28(39-31)26-13-14-36-32(37-26)43-18-20-5-3-2-4-6-20/h2-15,19H,16-18H2,1H3,(H2,35,40)(H,38,39)(H,41,42). The molecule has 0 saturated carbocycles. The van der Waals surface area contributed by atoms with Gasteiger partial charge >= 0.3 is 12.0 Å². The number of hydrogen-bond acceptors (Lipinski definition) is 8. The summed E-state index contributed by atoms with van der Waals surface area (Å²) in [6, 6.07) is 21.1. The average molecular weight is 610 g/mol. The third kappa shape index (κ3) is 6.01. The third-order valence-corrected chi connectivity index (χ3v) is 7.26. The fourth-order valence-electron chi connectivity index (χ4n) is 4.99. The number of benzene rings is 3. The molecule has 5 aromatic rings. The number of hydrogen-bond donors (Lipinski definition) is 3. The molecule has 1 aliphatic rings. The van der Waals surface area contributed by atoms with Gasteiger partial charge in [0.05, 0.1) is 35.9 Å². The highest BCUT2D eigenvalue weighted by Crippen LogP contribution is 2.42. The molecule has 1 fully saturated rings. The Kier molecular flexibility index (Phi) is 8.07. The fraction of sp³-hybridized carbons (Fsp3) is 0.182. The van der Waals surface area contributed by atoms with E-state index < -0.39 is 23.5 Å². The van der Waals surface area contributed by atoms with Gasteiger partial charge in [-0.25, -0.2) is 19.2 Å². The van der Waals surface area contributed by atoms with Gasteiger partial charge in [-0.1, -0.05) is 43.3 Å². The molecular weight excluding hydrogens is 581 g/mol. The number of aromatic amines is 1. The van der Waals surface area contributed by atoms with E-state index in [1.807, 2.05) is 37.3 Å². The molecule has 1 saturated heterocycles. The Labute approximate surface area is 256 Å². The summed E-state index contributed by atoms with van der Waals surface area (Å²) in [6.07, 6.45) is 1.54. The van der Waals surface area contributed by atoms with E-state index in [4.69, 9.17) is 24.9 Å². The monoisotopic (exact) mass is 609 g/mol. The first-order valence-electron chi connectivity index (χ1n) is 14.1. The van der Waals surface area contributed by atoms with Gasteiger partial charge in [-0.05, 0) is 48.0 Å². The number of imidazole rings is 1. The van der Waals surface area contributed by atoms with Gasteiger partial charge in [-0.15, -0.1) is 0 Å². The highest BCUT2D eigenvalue weighted by atomic mass is 19.1. The lowest BCUT2D eigenvalue weighted by molar-refractivity contribution is -0.269. The molecule has 228 valence electrons. The Hall–Kier alpha value is -5.46. The lowest BCUT2D eigenvalue weighted by atomic mass is 9.94. The lowest BCUT2D eigenvalue weighted by Crippen LogP contribution is -2.44. The average Bonchev–Trinajstić information content (AvgIpc) is 3.51. The maximum absolute atomic E-state index is 13.9. The van der Waals surface area contributed by atoms with Gasteiger partial charge in [-0.2, -0.15) is 4.98 Å². The molecule has 0 radical (unpaired) electrons. The van der Waals surface area contributed by atoms with Crippen molar-refractivity contribution in [2.24, 2.45) is 11.7 Å². The van der Waals surface area contributed by atoms with Crippen molar-refractivity contribution in [3.63, 3.8) is 0 Å². The van der Waals surface area contributed by atoms with Crippen molar-refractivity contribution >= 4 is 11.9 Å². The van der Waals surface area contributed by atoms with Crippen LogP contribution < -0.4 is 10.5 Å². The van der Waals surface area contributed by atoms with Crippen LogP contribution in [0, 0.1) is 11.7 Å². The predicted molar refractivity (Wildman–Crippen MR) is 160 cm³/mol. The number of nitrogens with two attached hydrogens (primary N) is 1. The Balaban J connectivity index is 1.50. The molecule has 0 atom stereocenters. The summed E-state index contributed by atoms with van der Waals surface area (Å²) in [5.74, 6) is -4.25.